The molecule has 3 aromatic rings. The maximum atomic E-state index is 12.2. The molecule has 1 aliphatic heterocycles. The number of benzene rings is 2. The summed E-state index contributed by atoms with van der Waals surface area (Å²) in [6.45, 7) is 5.02. The first-order chi connectivity index (χ1) is 16.6. The number of nitrogens with one attached hydrogen (secondary N) is 1. The molecular formula is C27H31N3O4. The second-order valence-corrected chi connectivity index (χ2v) is 8.46. The number of ether oxygens (including phenoxy) is 3. The van der Waals surface area contributed by atoms with E-state index in [9.17, 15) is 4.79 Å². The maximum Gasteiger partial charge on any atom is 0.252 e. The molecule has 1 aromatic heterocycles. The molecule has 0 fully saturated rings. The van der Waals surface area contributed by atoms with Crippen molar-refractivity contribution in [1.29, 1.82) is 0 Å². The number of carbonyl (C=O) groups excluding carboxylic acids is 1. The van der Waals surface area contributed by atoms with Crippen LogP contribution in [-0.2, 0) is 19.5 Å². The Balaban J connectivity index is 1.33. The molecule has 0 bridgehead atoms. The molecule has 0 saturated heterocycles. The molecule has 7 heteroatoms. The molecule has 1 amide bonds. The van der Waals surface area contributed by atoms with Crippen LogP contribution in [0, 0.1) is 0 Å². The van der Waals surface area contributed by atoms with Crippen molar-refractivity contribution in [3.8, 4) is 17.2 Å². The fourth-order valence-corrected chi connectivity index (χ4v) is 4.16. The number of aromatic nitrogens is 1. The molecule has 1 aliphatic rings. The van der Waals surface area contributed by atoms with Gasteiger partial charge >= 0.3 is 0 Å². The molecule has 1 unspecified atom stereocenters. The summed E-state index contributed by atoms with van der Waals surface area (Å²) in [4.78, 5) is 18.6. The van der Waals surface area contributed by atoms with Gasteiger partial charge in [-0.15, -0.1) is 0 Å². The fourth-order valence-electron chi connectivity index (χ4n) is 4.16. The molecular weight excluding hydrogens is 430 g/mol. The van der Waals surface area contributed by atoms with Gasteiger partial charge in [-0.05, 0) is 66.4 Å². The Morgan fingerprint density at radius 3 is 2.62 bits per heavy atom. The highest BCUT2D eigenvalue weighted by molar-refractivity contribution is 5.93. The minimum atomic E-state index is -0.166. The van der Waals surface area contributed by atoms with Crippen LogP contribution in [0.25, 0.3) is 0 Å². The van der Waals surface area contributed by atoms with Crippen LogP contribution in [0.15, 0.2) is 60.9 Å². The summed E-state index contributed by atoms with van der Waals surface area (Å²) in [5.74, 6) is 2.19. The third kappa shape index (κ3) is 5.85. The Bertz CT molecular complexity index is 1120. The zero-order chi connectivity index (χ0) is 23.9. The van der Waals surface area contributed by atoms with E-state index >= 15 is 0 Å². The van der Waals surface area contributed by atoms with E-state index in [1.54, 1.807) is 38.7 Å². The Morgan fingerprint density at radius 1 is 1.09 bits per heavy atom. The van der Waals surface area contributed by atoms with Crippen LogP contribution in [0.4, 0.5) is 0 Å². The topological polar surface area (TPSA) is 72.9 Å². The minimum Gasteiger partial charge on any atom is -0.493 e. The predicted octanol–water partition coefficient (Wildman–Crippen LogP) is 3.85. The van der Waals surface area contributed by atoms with Crippen LogP contribution in [0.1, 0.15) is 34.0 Å². The molecule has 0 saturated carbocycles. The molecule has 0 spiro atoms. The van der Waals surface area contributed by atoms with Gasteiger partial charge in [-0.25, -0.2) is 0 Å². The first-order valence-corrected chi connectivity index (χ1v) is 11.5. The number of hydrogen-bond donors (Lipinski definition) is 1. The van der Waals surface area contributed by atoms with Crippen molar-refractivity contribution in [2.75, 3.05) is 27.3 Å². The van der Waals surface area contributed by atoms with E-state index in [1.165, 1.54) is 16.7 Å². The van der Waals surface area contributed by atoms with E-state index < -0.39 is 0 Å². The van der Waals surface area contributed by atoms with Gasteiger partial charge in [0.15, 0.2) is 11.5 Å². The first kappa shape index (κ1) is 23.6. The Hall–Kier alpha value is -3.58. The second-order valence-electron chi connectivity index (χ2n) is 8.46. The molecule has 1 N–H and O–H groups in total. The van der Waals surface area contributed by atoms with Gasteiger partial charge in [-0.2, -0.15) is 0 Å². The summed E-state index contributed by atoms with van der Waals surface area (Å²) >= 11 is 0. The first-order valence-electron chi connectivity index (χ1n) is 11.5. The molecule has 34 heavy (non-hydrogen) atoms. The van der Waals surface area contributed by atoms with Crippen molar-refractivity contribution in [3.05, 3.63) is 83.2 Å². The molecule has 1 atom stereocenters. The Morgan fingerprint density at radius 2 is 1.88 bits per heavy atom. The van der Waals surface area contributed by atoms with E-state index in [-0.39, 0.29) is 12.0 Å². The molecule has 178 valence electrons. The van der Waals surface area contributed by atoms with Crippen molar-refractivity contribution in [2.24, 2.45) is 0 Å². The predicted molar refractivity (Wildman–Crippen MR) is 130 cm³/mol. The van der Waals surface area contributed by atoms with Gasteiger partial charge in [0.1, 0.15) is 11.9 Å². The van der Waals surface area contributed by atoms with E-state index in [2.05, 4.69) is 39.5 Å². The lowest BCUT2D eigenvalue weighted by Crippen LogP contribution is -2.33. The Labute approximate surface area is 200 Å². The second kappa shape index (κ2) is 11.0. The molecule has 7 nitrogen and oxygen atoms in total. The standard InChI is InChI=1S/C27H31N3O4/c1-19(15-29-27(31)22-7-5-10-28-16-22)34-24-8-4-6-20(12-24)17-30-11-9-21-13-25(32-2)26(33-3)14-23(21)18-30/h4-8,10,12-14,16,19H,9,11,15,17-18H2,1-3H3,(H,29,31). The van der Waals surface area contributed by atoms with Crippen molar-refractivity contribution < 1.29 is 19.0 Å². The summed E-state index contributed by atoms with van der Waals surface area (Å²) in [7, 11) is 3.34. The van der Waals surface area contributed by atoms with Crippen LogP contribution < -0.4 is 19.5 Å². The SMILES string of the molecule is COc1cc2c(cc1OC)CN(Cc1cccc(OC(C)CNC(=O)c3cccnc3)c1)CC2. The van der Waals surface area contributed by atoms with Gasteiger partial charge in [0.2, 0.25) is 0 Å². The average Bonchev–Trinajstić information content (AvgIpc) is 2.87. The lowest BCUT2D eigenvalue weighted by molar-refractivity contribution is 0.0931. The minimum absolute atomic E-state index is 0.156. The largest absolute Gasteiger partial charge is 0.493 e. The van der Waals surface area contributed by atoms with E-state index in [0.29, 0.717) is 12.1 Å². The van der Waals surface area contributed by atoms with Crippen molar-refractivity contribution in [2.45, 2.75) is 32.5 Å². The third-order valence-corrected chi connectivity index (χ3v) is 5.91. The number of methoxy groups -OCH3 is 2. The molecule has 2 aromatic carbocycles. The number of pyridine rings is 1. The van der Waals surface area contributed by atoms with Gasteiger partial charge in [-0.3, -0.25) is 14.7 Å². The fraction of sp³-hybridized carbons (Fsp3) is 0.333. The highest BCUT2D eigenvalue weighted by Gasteiger charge is 2.20. The molecule has 2 heterocycles. The smallest absolute Gasteiger partial charge is 0.252 e. The van der Waals surface area contributed by atoms with Crippen LogP contribution in [0.2, 0.25) is 0 Å². The summed E-state index contributed by atoms with van der Waals surface area (Å²) in [5.41, 5.74) is 4.31. The number of hydrogen-bond acceptors (Lipinski definition) is 6. The molecule has 4 rings (SSSR count). The number of fused-ring (bicyclic) bond motifs is 1. The van der Waals surface area contributed by atoms with Crippen molar-refractivity contribution in [3.63, 3.8) is 0 Å². The summed E-state index contributed by atoms with van der Waals surface area (Å²) in [6, 6.07) is 15.8. The van der Waals surface area contributed by atoms with Gasteiger partial charge in [0, 0.05) is 32.0 Å². The number of nitrogens with zero attached hydrogens (tertiary/aromatic N) is 2. The van der Waals surface area contributed by atoms with Gasteiger partial charge in [-0.1, -0.05) is 12.1 Å². The highest BCUT2D eigenvalue weighted by Crippen LogP contribution is 2.33. The van der Waals surface area contributed by atoms with Gasteiger partial charge in [0.05, 0.1) is 26.3 Å². The lowest BCUT2D eigenvalue weighted by Gasteiger charge is -2.29. The summed E-state index contributed by atoms with van der Waals surface area (Å²) in [5, 5.41) is 2.89. The van der Waals surface area contributed by atoms with E-state index in [4.69, 9.17) is 14.2 Å². The normalized spacial score (nSPS) is 14.1. The molecule has 0 radical (unpaired) electrons. The monoisotopic (exact) mass is 461 g/mol. The zero-order valence-electron chi connectivity index (χ0n) is 19.9. The van der Waals surface area contributed by atoms with E-state index in [0.717, 1.165) is 43.3 Å². The molecule has 0 aliphatic carbocycles. The number of carbonyl (C=O) groups is 1. The summed E-state index contributed by atoms with van der Waals surface area (Å²) in [6.07, 6.45) is 4.00. The average molecular weight is 462 g/mol. The van der Waals surface area contributed by atoms with Crippen LogP contribution in [0.3, 0.4) is 0 Å². The Kier molecular flexibility index (Phi) is 7.65. The lowest BCUT2D eigenvalue weighted by atomic mass is 9.98. The van der Waals surface area contributed by atoms with Gasteiger partial charge < -0.3 is 19.5 Å². The van der Waals surface area contributed by atoms with Crippen LogP contribution in [-0.4, -0.2) is 49.2 Å². The van der Waals surface area contributed by atoms with E-state index in [1.807, 2.05) is 19.1 Å². The highest BCUT2D eigenvalue weighted by atomic mass is 16.5. The third-order valence-electron chi connectivity index (χ3n) is 5.91. The van der Waals surface area contributed by atoms with Gasteiger partial charge in [0.25, 0.3) is 5.91 Å². The van der Waals surface area contributed by atoms with Crippen LogP contribution in [0.5, 0.6) is 17.2 Å². The summed E-state index contributed by atoms with van der Waals surface area (Å²) < 4.78 is 17.0. The quantitative estimate of drug-likeness (QED) is 0.522. The number of amides is 1. The van der Waals surface area contributed by atoms with Crippen LogP contribution >= 0.6 is 0 Å². The maximum absolute atomic E-state index is 12.2. The van der Waals surface area contributed by atoms with Crippen molar-refractivity contribution in [1.82, 2.24) is 15.2 Å². The zero-order valence-corrected chi connectivity index (χ0v) is 19.9. The van der Waals surface area contributed by atoms with Crippen molar-refractivity contribution >= 4 is 5.91 Å². The number of rotatable bonds is 9.